The number of benzene rings is 1. The molecule has 0 aliphatic carbocycles. The molecule has 1 amide bonds. The Hall–Kier alpha value is -2.14. The Morgan fingerprint density at radius 3 is 2.36 bits per heavy atom. The quantitative estimate of drug-likeness (QED) is 0.725. The maximum Gasteiger partial charge on any atom is 0.227 e. The van der Waals surface area contributed by atoms with Gasteiger partial charge in [-0.05, 0) is 37.5 Å². The standard InChI is InChI=1S/C20H29N3O2/c1-4-10-20(25,11-5-2)14-19(24)22-18-8-6-17(7-9-18)15-23-13-12-21-16(23)3/h6-9,12-13,25H,4-5,10-11,14-15H2,1-3H3,(H,22,24). The monoisotopic (exact) mass is 343 g/mol. The van der Waals surface area contributed by atoms with Crippen molar-refractivity contribution >= 4 is 11.6 Å². The van der Waals surface area contributed by atoms with Crippen LogP contribution in [0.3, 0.4) is 0 Å². The number of imidazole rings is 1. The van der Waals surface area contributed by atoms with E-state index in [9.17, 15) is 9.90 Å². The Morgan fingerprint density at radius 1 is 1.20 bits per heavy atom. The number of aryl methyl sites for hydroxylation is 1. The zero-order valence-corrected chi connectivity index (χ0v) is 15.5. The molecule has 2 aromatic rings. The van der Waals surface area contributed by atoms with Crippen molar-refractivity contribution in [2.24, 2.45) is 0 Å². The van der Waals surface area contributed by atoms with Crippen molar-refractivity contribution in [2.45, 2.75) is 65.0 Å². The molecule has 0 atom stereocenters. The first-order chi connectivity index (χ1) is 12.0. The van der Waals surface area contributed by atoms with E-state index in [0.717, 1.165) is 36.5 Å². The molecule has 0 bridgehead atoms. The van der Waals surface area contributed by atoms with Crippen LogP contribution in [0.15, 0.2) is 36.7 Å². The topological polar surface area (TPSA) is 67.2 Å². The van der Waals surface area contributed by atoms with Crippen molar-refractivity contribution in [3.05, 3.63) is 48.0 Å². The highest BCUT2D eigenvalue weighted by Crippen LogP contribution is 2.24. The summed E-state index contributed by atoms with van der Waals surface area (Å²) in [7, 11) is 0. The van der Waals surface area contributed by atoms with Crippen molar-refractivity contribution in [3.8, 4) is 0 Å². The summed E-state index contributed by atoms with van der Waals surface area (Å²) >= 11 is 0. The second kappa shape index (κ2) is 8.81. The average molecular weight is 343 g/mol. The number of aliphatic hydroxyl groups is 1. The van der Waals surface area contributed by atoms with E-state index in [0.29, 0.717) is 12.8 Å². The Morgan fingerprint density at radius 2 is 1.84 bits per heavy atom. The predicted octanol–water partition coefficient (Wildman–Crippen LogP) is 3.90. The third kappa shape index (κ3) is 5.71. The molecule has 0 aliphatic rings. The summed E-state index contributed by atoms with van der Waals surface area (Å²) in [6.45, 7) is 6.79. The van der Waals surface area contributed by atoms with Gasteiger partial charge in [-0.15, -0.1) is 0 Å². The molecular formula is C20H29N3O2. The Labute approximate surface area is 150 Å². The molecule has 0 unspecified atom stereocenters. The van der Waals surface area contributed by atoms with Crippen LogP contribution in [0.4, 0.5) is 5.69 Å². The van der Waals surface area contributed by atoms with Crippen LogP contribution in [0.1, 0.15) is 57.3 Å². The lowest BCUT2D eigenvalue weighted by atomic mass is 9.89. The van der Waals surface area contributed by atoms with Crippen LogP contribution in [0.25, 0.3) is 0 Å². The third-order valence-corrected chi connectivity index (χ3v) is 4.43. The van der Waals surface area contributed by atoms with Crippen molar-refractivity contribution < 1.29 is 9.90 Å². The van der Waals surface area contributed by atoms with E-state index in [1.54, 1.807) is 6.20 Å². The lowest BCUT2D eigenvalue weighted by molar-refractivity contribution is -0.121. The van der Waals surface area contributed by atoms with Gasteiger partial charge in [0.2, 0.25) is 5.91 Å². The minimum absolute atomic E-state index is 0.136. The molecular weight excluding hydrogens is 314 g/mol. The van der Waals surface area contributed by atoms with Crippen molar-refractivity contribution in [1.29, 1.82) is 0 Å². The molecule has 0 aliphatic heterocycles. The second-order valence-electron chi connectivity index (χ2n) is 6.75. The van der Waals surface area contributed by atoms with Crippen LogP contribution in [-0.4, -0.2) is 26.2 Å². The van der Waals surface area contributed by atoms with Crippen LogP contribution < -0.4 is 5.32 Å². The molecule has 0 saturated heterocycles. The molecule has 0 fully saturated rings. The average Bonchev–Trinajstić information content (AvgIpc) is 2.94. The molecule has 0 radical (unpaired) electrons. The van der Waals surface area contributed by atoms with E-state index in [1.807, 2.05) is 51.2 Å². The SMILES string of the molecule is CCCC(O)(CCC)CC(=O)Nc1ccc(Cn2ccnc2C)cc1. The summed E-state index contributed by atoms with van der Waals surface area (Å²) < 4.78 is 2.07. The van der Waals surface area contributed by atoms with Crippen LogP contribution in [0.2, 0.25) is 0 Å². The van der Waals surface area contributed by atoms with Crippen molar-refractivity contribution in [3.63, 3.8) is 0 Å². The fourth-order valence-electron chi connectivity index (χ4n) is 3.20. The van der Waals surface area contributed by atoms with Gasteiger partial charge in [0, 0.05) is 24.6 Å². The zero-order chi connectivity index (χ0) is 18.3. The molecule has 25 heavy (non-hydrogen) atoms. The molecule has 0 spiro atoms. The van der Waals surface area contributed by atoms with E-state index < -0.39 is 5.60 Å². The smallest absolute Gasteiger partial charge is 0.227 e. The summed E-state index contributed by atoms with van der Waals surface area (Å²) in [5.74, 6) is 0.839. The molecule has 2 N–H and O–H groups in total. The largest absolute Gasteiger partial charge is 0.389 e. The molecule has 136 valence electrons. The number of anilines is 1. The van der Waals surface area contributed by atoms with Crippen molar-refractivity contribution in [1.82, 2.24) is 9.55 Å². The summed E-state index contributed by atoms with van der Waals surface area (Å²) in [4.78, 5) is 16.5. The number of carbonyl (C=O) groups is 1. The first-order valence-electron chi connectivity index (χ1n) is 9.04. The van der Waals surface area contributed by atoms with E-state index >= 15 is 0 Å². The number of amides is 1. The zero-order valence-electron chi connectivity index (χ0n) is 15.5. The maximum atomic E-state index is 12.3. The highest BCUT2D eigenvalue weighted by atomic mass is 16.3. The number of nitrogens with one attached hydrogen (secondary N) is 1. The molecule has 1 aromatic carbocycles. The Balaban J connectivity index is 1.93. The fraction of sp³-hybridized carbons (Fsp3) is 0.500. The van der Waals surface area contributed by atoms with Crippen LogP contribution in [0, 0.1) is 6.92 Å². The summed E-state index contributed by atoms with van der Waals surface area (Å²) in [5, 5.41) is 13.5. The number of nitrogens with zero attached hydrogens (tertiary/aromatic N) is 2. The normalized spacial score (nSPS) is 11.5. The van der Waals surface area contributed by atoms with Gasteiger partial charge in [0.25, 0.3) is 0 Å². The number of carbonyl (C=O) groups excluding carboxylic acids is 1. The number of hydrogen-bond acceptors (Lipinski definition) is 3. The number of rotatable bonds is 9. The first-order valence-corrected chi connectivity index (χ1v) is 9.04. The predicted molar refractivity (Wildman–Crippen MR) is 101 cm³/mol. The van der Waals surface area contributed by atoms with Gasteiger partial charge >= 0.3 is 0 Å². The van der Waals surface area contributed by atoms with E-state index in [-0.39, 0.29) is 12.3 Å². The minimum Gasteiger partial charge on any atom is -0.389 e. The molecule has 1 heterocycles. The highest BCUT2D eigenvalue weighted by molar-refractivity contribution is 5.91. The van der Waals surface area contributed by atoms with Gasteiger partial charge in [0.1, 0.15) is 5.82 Å². The van der Waals surface area contributed by atoms with Gasteiger partial charge < -0.3 is 15.0 Å². The van der Waals surface area contributed by atoms with Gasteiger partial charge in [-0.25, -0.2) is 4.98 Å². The van der Waals surface area contributed by atoms with Gasteiger partial charge in [0.05, 0.1) is 12.0 Å². The molecule has 5 nitrogen and oxygen atoms in total. The maximum absolute atomic E-state index is 12.3. The van der Waals surface area contributed by atoms with Gasteiger partial charge in [-0.1, -0.05) is 38.8 Å². The third-order valence-electron chi connectivity index (χ3n) is 4.43. The first kappa shape index (κ1) is 19.2. The second-order valence-corrected chi connectivity index (χ2v) is 6.75. The van der Waals surface area contributed by atoms with Crippen LogP contribution >= 0.6 is 0 Å². The molecule has 1 aromatic heterocycles. The van der Waals surface area contributed by atoms with E-state index in [2.05, 4.69) is 14.9 Å². The fourth-order valence-corrected chi connectivity index (χ4v) is 3.20. The molecule has 2 rings (SSSR count). The molecule has 0 saturated carbocycles. The van der Waals surface area contributed by atoms with E-state index in [4.69, 9.17) is 0 Å². The Kier molecular flexibility index (Phi) is 6.76. The minimum atomic E-state index is -0.896. The van der Waals surface area contributed by atoms with Gasteiger partial charge in [-0.3, -0.25) is 4.79 Å². The van der Waals surface area contributed by atoms with Gasteiger partial charge in [0.15, 0.2) is 0 Å². The number of hydrogen-bond donors (Lipinski definition) is 2. The summed E-state index contributed by atoms with van der Waals surface area (Å²) in [6.07, 6.45) is 6.92. The van der Waals surface area contributed by atoms with Crippen molar-refractivity contribution in [2.75, 3.05) is 5.32 Å². The highest BCUT2D eigenvalue weighted by Gasteiger charge is 2.28. The number of aromatic nitrogens is 2. The van der Waals surface area contributed by atoms with Gasteiger partial charge in [-0.2, -0.15) is 0 Å². The lowest BCUT2D eigenvalue weighted by Gasteiger charge is -2.26. The van der Waals surface area contributed by atoms with Crippen LogP contribution in [0.5, 0.6) is 0 Å². The van der Waals surface area contributed by atoms with Crippen LogP contribution in [-0.2, 0) is 11.3 Å². The molecule has 5 heteroatoms. The lowest BCUT2D eigenvalue weighted by Crippen LogP contribution is -2.33. The Bertz CT molecular complexity index is 671. The van der Waals surface area contributed by atoms with E-state index in [1.165, 1.54) is 0 Å². The summed E-state index contributed by atoms with van der Waals surface area (Å²) in [5.41, 5.74) is 1.01. The summed E-state index contributed by atoms with van der Waals surface area (Å²) in [6, 6.07) is 7.80.